The molecule has 6 heteroatoms. The average Bonchev–Trinajstić information content (AvgIpc) is 2.73. The van der Waals surface area contributed by atoms with Gasteiger partial charge in [-0.25, -0.2) is 0 Å². The highest BCUT2D eigenvalue weighted by Gasteiger charge is 2.47. The molecule has 1 heterocycles. The molecule has 1 aliphatic heterocycles. The minimum absolute atomic E-state index is 0.00598. The third-order valence-electron chi connectivity index (χ3n) is 5.00. The first-order valence-corrected chi connectivity index (χ1v) is 11.4. The van der Waals surface area contributed by atoms with E-state index in [9.17, 15) is 10.2 Å². The Morgan fingerprint density at radius 3 is 2.04 bits per heavy atom. The second kappa shape index (κ2) is 7.10. The molecule has 0 bridgehead atoms. The van der Waals surface area contributed by atoms with E-state index in [1.807, 2.05) is 27.7 Å². The average molecular weight is 349 g/mol. The molecule has 0 spiro atoms. The van der Waals surface area contributed by atoms with Gasteiger partial charge in [-0.15, -0.1) is 0 Å². The van der Waals surface area contributed by atoms with Gasteiger partial charge in [-0.05, 0) is 37.9 Å². The summed E-state index contributed by atoms with van der Waals surface area (Å²) in [6, 6.07) is 0. The predicted octanol–water partition coefficient (Wildman–Crippen LogP) is 2.91. The summed E-state index contributed by atoms with van der Waals surface area (Å²) in [7, 11) is -2.14. The maximum atomic E-state index is 10.8. The molecule has 0 aromatic rings. The third-order valence-corrected chi connectivity index (χ3v) is 9.48. The van der Waals surface area contributed by atoms with Crippen molar-refractivity contribution >= 4 is 8.32 Å². The van der Waals surface area contributed by atoms with Crippen LogP contribution in [0.5, 0.6) is 0 Å². The van der Waals surface area contributed by atoms with Gasteiger partial charge in [0.25, 0.3) is 0 Å². The Morgan fingerprint density at radius 1 is 1.17 bits per heavy atom. The summed E-state index contributed by atoms with van der Waals surface area (Å²) in [4.78, 5) is 0. The monoisotopic (exact) mass is 348 g/mol. The molecular weight excluding hydrogens is 312 g/mol. The summed E-state index contributed by atoms with van der Waals surface area (Å²) < 4.78 is 17.7. The fourth-order valence-corrected chi connectivity index (χ4v) is 3.65. The van der Waals surface area contributed by atoms with E-state index in [0.717, 1.165) is 0 Å². The van der Waals surface area contributed by atoms with Crippen LogP contribution in [0.25, 0.3) is 0 Å². The molecule has 1 aliphatic rings. The van der Waals surface area contributed by atoms with Gasteiger partial charge in [-0.1, -0.05) is 34.6 Å². The third kappa shape index (κ3) is 5.24. The van der Waals surface area contributed by atoms with Crippen LogP contribution in [-0.4, -0.2) is 55.3 Å². The van der Waals surface area contributed by atoms with Crippen molar-refractivity contribution in [2.75, 3.05) is 6.61 Å². The highest BCUT2D eigenvalue weighted by molar-refractivity contribution is 6.74. The number of ether oxygens (including phenoxy) is 2. The van der Waals surface area contributed by atoms with Gasteiger partial charge in [0.1, 0.15) is 12.2 Å². The maximum absolute atomic E-state index is 10.8. The number of aliphatic hydroxyl groups excluding tert-OH is 2. The molecule has 1 saturated heterocycles. The largest absolute Gasteiger partial charge is 0.409 e. The van der Waals surface area contributed by atoms with Crippen LogP contribution in [0.3, 0.4) is 0 Å². The Hall–Kier alpha value is 0.0169. The molecule has 1 rings (SSSR count). The lowest BCUT2D eigenvalue weighted by molar-refractivity contribution is -0.168. The normalized spacial score (nSPS) is 26.3. The van der Waals surface area contributed by atoms with E-state index in [0.29, 0.717) is 6.61 Å². The summed E-state index contributed by atoms with van der Waals surface area (Å²) in [6.45, 7) is 18.5. The lowest BCUT2D eigenvalue weighted by Crippen LogP contribution is -2.55. The van der Waals surface area contributed by atoms with Crippen LogP contribution in [0, 0.1) is 5.92 Å². The molecule has 0 amide bonds. The number of hydrogen-bond donors (Lipinski definition) is 2. The van der Waals surface area contributed by atoms with Crippen molar-refractivity contribution in [1.29, 1.82) is 0 Å². The van der Waals surface area contributed by atoms with Crippen molar-refractivity contribution in [3.05, 3.63) is 0 Å². The molecule has 0 radical (unpaired) electrons. The Bertz CT molecular complexity index is 389. The summed E-state index contributed by atoms with van der Waals surface area (Å²) in [5, 5.41) is 21.4. The molecule has 2 N–H and O–H groups in total. The lowest BCUT2D eigenvalue weighted by Gasteiger charge is -2.43. The zero-order chi connectivity index (χ0) is 18.2. The first kappa shape index (κ1) is 21.1. The summed E-state index contributed by atoms with van der Waals surface area (Å²) >= 11 is 0. The van der Waals surface area contributed by atoms with Crippen molar-refractivity contribution in [2.45, 2.75) is 96.8 Å². The molecule has 138 valence electrons. The van der Waals surface area contributed by atoms with Gasteiger partial charge in [-0.3, -0.25) is 0 Å². The van der Waals surface area contributed by atoms with Gasteiger partial charge in [0.2, 0.25) is 0 Å². The second-order valence-electron chi connectivity index (χ2n) is 8.94. The maximum Gasteiger partial charge on any atom is 0.192 e. The molecule has 23 heavy (non-hydrogen) atoms. The predicted molar refractivity (Wildman–Crippen MR) is 93.8 cm³/mol. The van der Waals surface area contributed by atoms with Crippen LogP contribution < -0.4 is 0 Å². The number of aliphatic hydroxyl groups is 2. The van der Waals surface area contributed by atoms with Gasteiger partial charge in [0.15, 0.2) is 14.1 Å². The number of hydrogen-bond acceptors (Lipinski definition) is 5. The molecule has 0 aromatic carbocycles. The minimum atomic E-state index is -2.14. The summed E-state index contributed by atoms with van der Waals surface area (Å²) in [5.74, 6) is -0.731. The van der Waals surface area contributed by atoms with Crippen molar-refractivity contribution in [2.24, 2.45) is 5.92 Å². The Morgan fingerprint density at radius 2 is 1.70 bits per heavy atom. The first-order valence-electron chi connectivity index (χ1n) is 8.54. The van der Waals surface area contributed by atoms with Gasteiger partial charge >= 0.3 is 0 Å². The molecule has 0 aromatic heterocycles. The van der Waals surface area contributed by atoms with Crippen LogP contribution >= 0.6 is 0 Å². The molecular formula is C17H36O5Si. The van der Waals surface area contributed by atoms with E-state index in [4.69, 9.17) is 13.9 Å². The smallest absolute Gasteiger partial charge is 0.192 e. The highest BCUT2D eigenvalue weighted by atomic mass is 28.4. The first-order chi connectivity index (χ1) is 10.2. The van der Waals surface area contributed by atoms with Crippen LogP contribution in [0.1, 0.15) is 48.5 Å². The number of rotatable bonds is 6. The minimum Gasteiger partial charge on any atom is -0.409 e. The van der Waals surface area contributed by atoms with Crippen molar-refractivity contribution in [3.8, 4) is 0 Å². The zero-order valence-corrected chi connectivity index (χ0v) is 17.2. The van der Waals surface area contributed by atoms with Gasteiger partial charge in [0.05, 0.1) is 18.8 Å². The SMILES string of the molecule is CC(C)[C@H](O)[C@@H](O[Si](C)(C)C(C)(C)C)[C@H](O)[C@@H]1COC(C)(C)O1. The summed E-state index contributed by atoms with van der Waals surface area (Å²) in [5.41, 5.74) is 0. The fourth-order valence-electron chi connectivity index (χ4n) is 2.33. The standard InChI is InChI=1S/C17H36O5Si/c1-11(2)13(18)15(22-23(8,9)16(3,4)5)14(19)12-10-20-17(6,7)21-12/h11-15,18-19H,10H2,1-9H3/t12-,13-,14+,15+/m0/s1. The quantitative estimate of drug-likeness (QED) is 0.722. The Labute approximate surface area is 142 Å². The molecule has 0 unspecified atom stereocenters. The topological polar surface area (TPSA) is 68.2 Å². The second-order valence-corrected chi connectivity index (χ2v) is 13.7. The van der Waals surface area contributed by atoms with Crippen LogP contribution in [0.2, 0.25) is 18.1 Å². The van der Waals surface area contributed by atoms with Crippen LogP contribution in [0.4, 0.5) is 0 Å². The van der Waals surface area contributed by atoms with Crippen molar-refractivity contribution < 1.29 is 24.1 Å². The molecule has 4 atom stereocenters. The van der Waals surface area contributed by atoms with Gasteiger partial charge < -0.3 is 24.1 Å². The molecule has 5 nitrogen and oxygen atoms in total. The van der Waals surface area contributed by atoms with Gasteiger partial charge in [-0.2, -0.15) is 0 Å². The summed E-state index contributed by atoms with van der Waals surface area (Å²) in [6.07, 6.45) is -2.86. The van der Waals surface area contributed by atoms with Crippen LogP contribution in [-0.2, 0) is 13.9 Å². The Balaban J connectivity index is 2.97. The van der Waals surface area contributed by atoms with E-state index in [2.05, 4.69) is 33.9 Å². The zero-order valence-electron chi connectivity index (χ0n) is 16.2. The van der Waals surface area contributed by atoms with E-state index in [1.165, 1.54) is 0 Å². The van der Waals surface area contributed by atoms with Crippen LogP contribution in [0.15, 0.2) is 0 Å². The highest BCUT2D eigenvalue weighted by Crippen LogP contribution is 2.39. The van der Waals surface area contributed by atoms with E-state index in [-0.39, 0.29) is 11.0 Å². The van der Waals surface area contributed by atoms with E-state index < -0.39 is 38.5 Å². The van der Waals surface area contributed by atoms with Crippen molar-refractivity contribution in [3.63, 3.8) is 0 Å². The van der Waals surface area contributed by atoms with Gasteiger partial charge in [0, 0.05) is 0 Å². The fraction of sp³-hybridized carbons (Fsp3) is 1.00. The van der Waals surface area contributed by atoms with E-state index >= 15 is 0 Å². The molecule has 0 saturated carbocycles. The Kier molecular flexibility index (Phi) is 6.50. The lowest BCUT2D eigenvalue weighted by atomic mass is 9.95. The van der Waals surface area contributed by atoms with E-state index in [1.54, 1.807) is 0 Å². The molecule has 1 fully saturated rings. The molecule has 0 aliphatic carbocycles. The van der Waals surface area contributed by atoms with Crippen molar-refractivity contribution in [1.82, 2.24) is 0 Å².